The standard InChI is InChI=1S/C9H11N3O4/c10-9(15)16-4-3-11-8(14)6-1-2-7(13)12-5-6/h1-2,5H,3-4H2,(H2,10,15)(H,11,14)(H,12,13). The number of nitrogens with one attached hydrogen (secondary N) is 2. The first-order chi connectivity index (χ1) is 7.59. The topological polar surface area (TPSA) is 114 Å². The number of rotatable bonds is 4. The molecule has 2 amide bonds. The van der Waals surface area contributed by atoms with E-state index in [1.54, 1.807) is 0 Å². The van der Waals surface area contributed by atoms with E-state index < -0.39 is 6.09 Å². The summed E-state index contributed by atoms with van der Waals surface area (Å²) in [5.41, 5.74) is 4.76. The third-order valence-corrected chi connectivity index (χ3v) is 1.68. The minimum absolute atomic E-state index is 0.00439. The Labute approximate surface area is 90.6 Å². The molecule has 7 heteroatoms. The first-order valence-corrected chi connectivity index (χ1v) is 4.49. The molecule has 1 aromatic heterocycles. The van der Waals surface area contributed by atoms with Gasteiger partial charge in [-0.3, -0.25) is 9.59 Å². The smallest absolute Gasteiger partial charge is 0.404 e. The van der Waals surface area contributed by atoms with Crippen molar-refractivity contribution in [2.75, 3.05) is 13.2 Å². The molecular weight excluding hydrogens is 214 g/mol. The fraction of sp³-hybridized carbons (Fsp3) is 0.222. The van der Waals surface area contributed by atoms with E-state index in [0.717, 1.165) is 0 Å². The molecule has 7 nitrogen and oxygen atoms in total. The summed E-state index contributed by atoms with van der Waals surface area (Å²) in [5.74, 6) is -0.371. The van der Waals surface area contributed by atoms with Crippen molar-refractivity contribution in [1.82, 2.24) is 10.3 Å². The Hall–Kier alpha value is -2.31. The monoisotopic (exact) mass is 225 g/mol. The predicted octanol–water partition coefficient (Wildman–Crippen LogP) is -0.800. The summed E-state index contributed by atoms with van der Waals surface area (Å²) < 4.78 is 4.41. The second-order valence-corrected chi connectivity index (χ2v) is 2.86. The van der Waals surface area contributed by atoms with E-state index in [-0.39, 0.29) is 24.6 Å². The first kappa shape index (κ1) is 11.8. The number of H-pyrrole nitrogens is 1. The highest BCUT2D eigenvalue weighted by molar-refractivity contribution is 5.93. The maximum absolute atomic E-state index is 11.4. The largest absolute Gasteiger partial charge is 0.448 e. The Morgan fingerprint density at radius 1 is 1.44 bits per heavy atom. The second-order valence-electron chi connectivity index (χ2n) is 2.86. The first-order valence-electron chi connectivity index (χ1n) is 4.49. The molecule has 0 aliphatic carbocycles. The summed E-state index contributed by atoms with van der Waals surface area (Å²) in [6.45, 7) is 0.158. The van der Waals surface area contributed by atoms with E-state index in [4.69, 9.17) is 5.73 Å². The van der Waals surface area contributed by atoms with E-state index in [1.807, 2.05) is 0 Å². The van der Waals surface area contributed by atoms with Gasteiger partial charge in [-0.25, -0.2) is 4.79 Å². The average Bonchev–Trinajstić information content (AvgIpc) is 2.25. The molecule has 1 rings (SSSR count). The minimum Gasteiger partial charge on any atom is -0.448 e. The van der Waals surface area contributed by atoms with E-state index in [2.05, 4.69) is 15.0 Å². The highest BCUT2D eigenvalue weighted by Gasteiger charge is 2.04. The lowest BCUT2D eigenvalue weighted by atomic mass is 10.3. The molecule has 16 heavy (non-hydrogen) atoms. The summed E-state index contributed by atoms with van der Waals surface area (Å²) in [6, 6.07) is 2.64. The van der Waals surface area contributed by atoms with Crippen LogP contribution in [0.15, 0.2) is 23.1 Å². The highest BCUT2D eigenvalue weighted by Crippen LogP contribution is 1.91. The SMILES string of the molecule is NC(=O)OCCNC(=O)c1ccc(=O)[nH]c1. The molecule has 0 saturated heterocycles. The average molecular weight is 225 g/mol. The fourth-order valence-corrected chi connectivity index (χ4v) is 0.970. The zero-order valence-corrected chi connectivity index (χ0v) is 8.36. The number of amides is 2. The van der Waals surface area contributed by atoms with Gasteiger partial charge < -0.3 is 20.8 Å². The van der Waals surface area contributed by atoms with E-state index in [1.165, 1.54) is 18.3 Å². The van der Waals surface area contributed by atoms with Gasteiger partial charge in [-0.2, -0.15) is 0 Å². The van der Waals surface area contributed by atoms with Gasteiger partial charge in [0.2, 0.25) is 5.56 Å². The van der Waals surface area contributed by atoms with Crippen LogP contribution < -0.4 is 16.6 Å². The molecule has 0 atom stereocenters. The number of primary amides is 1. The molecule has 0 aliphatic heterocycles. The summed E-state index contributed by atoms with van der Waals surface area (Å²) in [5, 5.41) is 2.48. The molecule has 1 aromatic rings. The fourth-order valence-electron chi connectivity index (χ4n) is 0.970. The van der Waals surface area contributed by atoms with Gasteiger partial charge in [-0.15, -0.1) is 0 Å². The lowest BCUT2D eigenvalue weighted by Gasteiger charge is -2.04. The zero-order valence-electron chi connectivity index (χ0n) is 8.36. The van der Waals surface area contributed by atoms with Gasteiger partial charge in [0, 0.05) is 12.3 Å². The third kappa shape index (κ3) is 3.82. The number of carbonyl (C=O) groups is 2. The minimum atomic E-state index is -0.890. The number of aromatic amines is 1. The Morgan fingerprint density at radius 2 is 2.19 bits per heavy atom. The van der Waals surface area contributed by atoms with Gasteiger partial charge in [-0.1, -0.05) is 0 Å². The van der Waals surface area contributed by atoms with Crippen molar-refractivity contribution in [3.8, 4) is 0 Å². The van der Waals surface area contributed by atoms with Crippen LogP contribution in [0.4, 0.5) is 4.79 Å². The second kappa shape index (κ2) is 5.54. The van der Waals surface area contributed by atoms with Crippen molar-refractivity contribution in [3.63, 3.8) is 0 Å². The zero-order chi connectivity index (χ0) is 12.0. The number of hydrogen-bond acceptors (Lipinski definition) is 4. The van der Waals surface area contributed by atoms with Gasteiger partial charge in [0.25, 0.3) is 5.91 Å². The van der Waals surface area contributed by atoms with Crippen molar-refractivity contribution in [1.29, 1.82) is 0 Å². The highest BCUT2D eigenvalue weighted by atomic mass is 16.5. The van der Waals surface area contributed by atoms with Crippen LogP contribution in [-0.2, 0) is 4.74 Å². The Balaban J connectivity index is 2.38. The molecule has 1 heterocycles. The van der Waals surface area contributed by atoms with Crippen molar-refractivity contribution in [2.45, 2.75) is 0 Å². The van der Waals surface area contributed by atoms with Gasteiger partial charge in [0.05, 0.1) is 12.1 Å². The molecule has 0 unspecified atom stereocenters. The summed E-state index contributed by atoms with van der Waals surface area (Å²) in [7, 11) is 0. The number of nitrogens with two attached hydrogens (primary N) is 1. The van der Waals surface area contributed by atoms with Crippen LogP contribution in [0.1, 0.15) is 10.4 Å². The molecule has 0 bridgehead atoms. The van der Waals surface area contributed by atoms with Crippen molar-refractivity contribution in [3.05, 3.63) is 34.2 Å². The number of carbonyl (C=O) groups excluding carboxylic acids is 2. The van der Waals surface area contributed by atoms with E-state index >= 15 is 0 Å². The van der Waals surface area contributed by atoms with Crippen LogP contribution in [0.2, 0.25) is 0 Å². The molecule has 86 valence electrons. The lowest BCUT2D eigenvalue weighted by molar-refractivity contribution is 0.0936. The van der Waals surface area contributed by atoms with Crippen LogP contribution in [0.5, 0.6) is 0 Å². The maximum Gasteiger partial charge on any atom is 0.404 e. The Morgan fingerprint density at radius 3 is 2.75 bits per heavy atom. The number of ether oxygens (including phenoxy) is 1. The summed E-state index contributed by atoms with van der Waals surface area (Å²) >= 11 is 0. The van der Waals surface area contributed by atoms with Crippen LogP contribution in [0.3, 0.4) is 0 Å². The molecule has 0 fully saturated rings. The summed E-state index contributed by atoms with van der Waals surface area (Å²) in [4.78, 5) is 34.7. The molecule has 0 spiro atoms. The molecular formula is C9H11N3O4. The lowest BCUT2D eigenvalue weighted by Crippen LogP contribution is -2.29. The van der Waals surface area contributed by atoms with Crippen LogP contribution in [0.25, 0.3) is 0 Å². The Bertz CT molecular complexity index is 420. The van der Waals surface area contributed by atoms with E-state index in [9.17, 15) is 14.4 Å². The molecule has 0 aromatic carbocycles. The number of hydrogen-bond donors (Lipinski definition) is 3. The van der Waals surface area contributed by atoms with Crippen LogP contribution >= 0.6 is 0 Å². The molecule has 0 radical (unpaired) electrons. The normalized spacial score (nSPS) is 9.50. The van der Waals surface area contributed by atoms with Gasteiger partial charge in [-0.05, 0) is 6.07 Å². The summed E-state index contributed by atoms with van der Waals surface area (Å²) in [6.07, 6.45) is 0.408. The molecule has 4 N–H and O–H groups in total. The maximum atomic E-state index is 11.4. The van der Waals surface area contributed by atoms with E-state index in [0.29, 0.717) is 5.56 Å². The number of aromatic nitrogens is 1. The van der Waals surface area contributed by atoms with Crippen LogP contribution in [0, 0.1) is 0 Å². The van der Waals surface area contributed by atoms with Gasteiger partial charge in [0.15, 0.2) is 0 Å². The number of pyridine rings is 1. The van der Waals surface area contributed by atoms with Gasteiger partial charge >= 0.3 is 6.09 Å². The quantitative estimate of drug-likeness (QED) is 0.582. The molecule has 0 saturated carbocycles. The predicted molar refractivity (Wildman–Crippen MR) is 54.9 cm³/mol. The van der Waals surface area contributed by atoms with Crippen molar-refractivity contribution >= 4 is 12.0 Å². The Kier molecular flexibility index (Phi) is 4.07. The third-order valence-electron chi connectivity index (χ3n) is 1.68. The van der Waals surface area contributed by atoms with Crippen molar-refractivity contribution in [2.24, 2.45) is 5.73 Å². The van der Waals surface area contributed by atoms with Crippen molar-refractivity contribution < 1.29 is 14.3 Å². The van der Waals surface area contributed by atoms with Crippen LogP contribution in [-0.4, -0.2) is 30.1 Å². The molecule has 0 aliphatic rings. The van der Waals surface area contributed by atoms with Gasteiger partial charge in [0.1, 0.15) is 6.61 Å².